The highest BCUT2D eigenvalue weighted by Gasteiger charge is 2.49. The van der Waals surface area contributed by atoms with E-state index in [2.05, 4.69) is 46.0 Å². The molecule has 4 aromatic rings. The summed E-state index contributed by atoms with van der Waals surface area (Å²) in [5.41, 5.74) is 8.74. The number of nitrogens with one attached hydrogen (secondary N) is 2. The average Bonchev–Trinajstić information content (AvgIpc) is 3.82. The van der Waals surface area contributed by atoms with Crippen molar-refractivity contribution in [3.63, 3.8) is 0 Å². The van der Waals surface area contributed by atoms with Crippen LogP contribution in [0.2, 0.25) is 0 Å². The van der Waals surface area contributed by atoms with Crippen LogP contribution in [0.25, 0.3) is 44.6 Å². The lowest BCUT2D eigenvalue weighted by molar-refractivity contribution is -0.0522. The maximum Gasteiger partial charge on any atom is 0.488 e. The number of carboxylic acid groups (broad SMARTS) is 1. The Morgan fingerprint density at radius 1 is 0.941 bits per heavy atom. The molecule has 1 saturated heterocycles. The van der Waals surface area contributed by atoms with Crippen LogP contribution in [0, 0.1) is 0 Å². The number of carbonyl (C=O) groups is 3. The zero-order chi connectivity index (χ0) is 49.5. The first-order valence-electron chi connectivity index (χ1n) is 19.8. The van der Waals surface area contributed by atoms with Crippen molar-refractivity contribution in [3.05, 3.63) is 83.7 Å². The van der Waals surface area contributed by atoms with Gasteiger partial charge < -0.3 is 64.9 Å². The van der Waals surface area contributed by atoms with E-state index in [4.69, 9.17) is 33.9 Å². The number of aromatic nitrogens is 4. The van der Waals surface area contributed by atoms with E-state index in [1.807, 2.05) is 74.1 Å². The molecule has 1 aliphatic carbocycles. The molecule has 26 nitrogen and oxygen atoms in total. The van der Waals surface area contributed by atoms with Crippen LogP contribution in [-0.4, -0.2) is 133 Å². The molecule has 2 aromatic heterocycles. The highest BCUT2D eigenvalue weighted by molar-refractivity contribution is 8.08. The predicted octanol–water partition coefficient (Wildman–Crippen LogP) is 1.97. The largest absolute Gasteiger partial charge is 0.488 e. The van der Waals surface area contributed by atoms with E-state index in [-0.39, 0.29) is 46.8 Å². The van der Waals surface area contributed by atoms with Crippen LogP contribution in [-0.2, 0) is 43.6 Å². The van der Waals surface area contributed by atoms with Crippen LogP contribution in [0.4, 0.5) is 16.3 Å². The van der Waals surface area contributed by atoms with Crippen molar-refractivity contribution in [1.29, 1.82) is 0 Å². The van der Waals surface area contributed by atoms with Gasteiger partial charge in [0.1, 0.15) is 49.5 Å². The number of ether oxygens (including phenoxy) is 2. The Bertz CT molecular complexity index is 3140. The Labute approximate surface area is 389 Å². The van der Waals surface area contributed by atoms with Gasteiger partial charge in [-0.15, -0.1) is 0 Å². The molecule has 1 fully saturated rings. The molecule has 10 N–H and O–H groups in total. The third-order valence-corrected chi connectivity index (χ3v) is 14.6. The quantitative estimate of drug-likeness (QED) is 0.0289. The van der Waals surface area contributed by atoms with Crippen LogP contribution >= 0.6 is 22.4 Å². The lowest BCUT2D eigenvalue weighted by Crippen LogP contribution is -2.41. The smallest absolute Gasteiger partial charge is 0.478 e. The summed E-state index contributed by atoms with van der Waals surface area (Å²) in [7, 11) is -3.76. The van der Waals surface area contributed by atoms with Crippen molar-refractivity contribution in [3.8, 4) is 22.5 Å². The van der Waals surface area contributed by atoms with Gasteiger partial charge in [0, 0.05) is 67.1 Å². The molecule has 0 bridgehead atoms. The fourth-order valence-electron chi connectivity index (χ4n) is 7.13. The maximum atomic E-state index is 13.6. The molecule has 0 radical (unpaired) electrons. The van der Waals surface area contributed by atoms with Crippen LogP contribution in [0.1, 0.15) is 26.9 Å². The lowest BCUT2D eigenvalue weighted by atomic mass is 9.89. The minimum atomic E-state index is -5.68. The first-order valence-corrected chi connectivity index (χ1v) is 25.4. The Hall–Kier alpha value is -5.76. The summed E-state index contributed by atoms with van der Waals surface area (Å²) < 4.78 is 57.9. The number of alkyl carbamates (subject to hydrolysis) is 1. The number of amides is 2. The number of imidazole rings is 1. The molecule has 362 valence electrons. The van der Waals surface area contributed by atoms with Crippen molar-refractivity contribution >= 4 is 85.8 Å². The molecule has 30 heteroatoms. The van der Waals surface area contributed by atoms with Crippen LogP contribution in [0.15, 0.2) is 71.7 Å². The Kier molecular flexibility index (Phi) is 14.5. The molecule has 0 saturated carbocycles. The molecule has 2 aliphatic heterocycles. The molecule has 2 unspecified atom stereocenters. The number of carbonyl (C=O) groups excluding carboxylic acids is 2. The SMILES string of the molecule is CN(C)c1ccc2c(-c3cc(C(=O)NCCNC(=O)O[C@@H]4[C@H](O)[C@@H](COP(=O)(O)OP(=O)(O)OP(O)(O)=S)O[C@H]4n4cnc5c(N)ncnc54)ccc3C(=O)O)c3ccc(=[N+](C)C)cc-3oc2c1. The van der Waals surface area contributed by atoms with E-state index >= 15 is 0 Å². The number of hydrogen-bond acceptors (Lipinski definition) is 18. The number of phosphoric ester groups is 1. The van der Waals surface area contributed by atoms with E-state index in [9.17, 15) is 43.5 Å². The fraction of sp³-hybridized carbons (Fsp3) is 0.289. The molecule has 6 atom stereocenters. The second kappa shape index (κ2) is 19.7. The molecular weight excluding hydrogens is 979 g/mol. The third-order valence-electron chi connectivity index (χ3n) is 10.2. The number of aromatic carboxylic acids is 1. The van der Waals surface area contributed by atoms with Gasteiger partial charge in [-0.2, -0.15) is 4.31 Å². The van der Waals surface area contributed by atoms with E-state index < -0.39 is 71.5 Å². The number of phosphoric acid groups is 2. The number of nitrogen functional groups attached to an aromatic ring is 1. The maximum absolute atomic E-state index is 13.6. The van der Waals surface area contributed by atoms with Crippen molar-refractivity contribution in [2.45, 2.75) is 24.5 Å². The predicted molar refractivity (Wildman–Crippen MR) is 243 cm³/mol. The summed E-state index contributed by atoms with van der Waals surface area (Å²) in [5, 5.41) is 28.1. The Morgan fingerprint density at radius 2 is 1.68 bits per heavy atom. The second-order valence-electron chi connectivity index (χ2n) is 15.3. The zero-order valence-corrected chi connectivity index (χ0v) is 39.5. The van der Waals surface area contributed by atoms with Gasteiger partial charge in [0.05, 0.1) is 24.6 Å². The van der Waals surface area contributed by atoms with E-state index in [0.717, 1.165) is 17.4 Å². The van der Waals surface area contributed by atoms with Crippen molar-refractivity contribution < 1.29 is 80.3 Å². The first kappa shape index (κ1) is 50.1. The number of anilines is 2. The van der Waals surface area contributed by atoms with Gasteiger partial charge in [-0.05, 0) is 53.8 Å². The van der Waals surface area contributed by atoms with Gasteiger partial charge >= 0.3 is 34.4 Å². The number of benzene rings is 3. The van der Waals surface area contributed by atoms with Crippen molar-refractivity contribution in [1.82, 2.24) is 34.7 Å². The number of nitrogens with zero attached hydrogens (tertiary/aromatic N) is 6. The summed E-state index contributed by atoms with van der Waals surface area (Å²) in [5.74, 6) is -1.43. The summed E-state index contributed by atoms with van der Waals surface area (Å²) in [6.45, 7) is -6.35. The van der Waals surface area contributed by atoms with Gasteiger partial charge in [0.15, 0.2) is 23.8 Å². The Balaban J connectivity index is 1.07. The molecule has 0 spiro atoms. The number of carboxylic acids is 1. The summed E-state index contributed by atoms with van der Waals surface area (Å²) in [6.07, 6.45) is -5.52. The fourth-order valence-corrected chi connectivity index (χ4v) is 10.9. The molecule has 3 aliphatic rings. The molecule has 7 rings (SSSR count). The summed E-state index contributed by atoms with van der Waals surface area (Å²) in [4.78, 5) is 91.5. The van der Waals surface area contributed by atoms with E-state index in [1.54, 1.807) is 0 Å². The number of rotatable bonds is 16. The highest BCUT2D eigenvalue weighted by Crippen LogP contribution is 2.66. The summed E-state index contributed by atoms with van der Waals surface area (Å²) in [6, 6.07) is 15.2. The average molecular weight is 1020 g/mol. The van der Waals surface area contributed by atoms with Gasteiger partial charge in [-0.1, -0.05) is 0 Å². The highest BCUT2D eigenvalue weighted by atomic mass is 32.5. The Morgan fingerprint density at radius 3 is 2.37 bits per heavy atom. The molecule has 68 heavy (non-hydrogen) atoms. The van der Waals surface area contributed by atoms with E-state index in [1.165, 1.54) is 29.1 Å². The number of hydrogen-bond donors (Lipinski definition) is 9. The zero-order valence-electron chi connectivity index (χ0n) is 36.0. The van der Waals surface area contributed by atoms with Gasteiger partial charge in [0.2, 0.25) is 5.36 Å². The minimum Gasteiger partial charge on any atom is -0.478 e. The summed E-state index contributed by atoms with van der Waals surface area (Å²) >= 11 is 4.08. The standard InChI is InChI=1S/C38H42N9O17P3S/c1-45(2)20-6-9-23-26(14-20)60-27-15-21(46(3)4)7-10-24(27)29(23)25-13-19(5-8-22(25)37(50)51)35(49)40-11-12-41-38(52)62-32-31(48)28(16-59-65(53,54)63-66(55,56)64-67(57,58)68)61-36(32)47-18-44-30-33(39)42-17-43-34(30)47/h5-10,13-15,17-18,28,31-32,36,48H,11-12,16H2,1-4H3,(H8-,39,40,41,42,43,49,50,51,52,53,54,55,56,57,58,68)/p+1/t28-,31-,32-,36-/m1/s1. The van der Waals surface area contributed by atoms with Gasteiger partial charge in [0.25, 0.3) is 5.91 Å². The molecule has 2 aromatic carbocycles. The molecule has 4 heterocycles. The van der Waals surface area contributed by atoms with E-state index in [0.29, 0.717) is 27.9 Å². The van der Waals surface area contributed by atoms with Crippen LogP contribution in [0.3, 0.4) is 0 Å². The number of nitrogens with two attached hydrogens (primary N) is 1. The number of aliphatic hydroxyl groups excluding tert-OH is 1. The van der Waals surface area contributed by atoms with Crippen molar-refractivity contribution in [2.24, 2.45) is 0 Å². The van der Waals surface area contributed by atoms with Gasteiger partial charge in [-0.3, -0.25) is 13.9 Å². The molecule has 2 amide bonds. The van der Waals surface area contributed by atoms with Crippen LogP contribution in [0.5, 0.6) is 0 Å². The number of fused-ring (bicyclic) bond motifs is 3. The van der Waals surface area contributed by atoms with Gasteiger partial charge in [-0.25, -0.2) is 42.6 Å². The first-order chi connectivity index (χ1) is 31.9. The lowest BCUT2D eigenvalue weighted by Gasteiger charge is -2.22. The topological polar surface area (TPSA) is 366 Å². The van der Waals surface area contributed by atoms with Crippen LogP contribution < -0.4 is 31.2 Å². The minimum absolute atomic E-state index is 0.0424. The third kappa shape index (κ3) is 11.2. The monoisotopic (exact) mass is 1020 g/mol. The molecular formula is C38H43N9O17P3S+. The van der Waals surface area contributed by atoms with Crippen molar-refractivity contribution in [2.75, 3.05) is 58.5 Å². The number of aliphatic hydroxyl groups is 1. The normalized spacial score (nSPS) is 19.1. The second-order valence-corrected chi connectivity index (χ2v) is 21.1.